The topological polar surface area (TPSA) is 74.4 Å². The molecule has 0 spiro atoms. The summed E-state index contributed by atoms with van der Waals surface area (Å²) in [5.41, 5.74) is 4.81. The monoisotopic (exact) mass is 435 g/mol. The Morgan fingerprint density at radius 2 is 1.87 bits per heavy atom. The minimum absolute atomic E-state index is 0.272. The normalized spacial score (nSPS) is 14.9. The summed E-state index contributed by atoms with van der Waals surface area (Å²) in [5, 5.41) is 1.09. The molecular weight excluding hydrogens is 418 g/mol. The van der Waals surface area contributed by atoms with E-state index in [4.69, 9.17) is 17.0 Å². The Labute approximate surface area is 182 Å². The van der Waals surface area contributed by atoms with E-state index >= 15 is 0 Å². The molecule has 2 heterocycles. The zero-order valence-corrected chi connectivity index (χ0v) is 17.3. The smallest absolute Gasteiger partial charge is 0.285 e. The van der Waals surface area contributed by atoms with Crippen LogP contribution in [-0.4, -0.2) is 26.1 Å². The second kappa shape index (κ2) is 8.98. The maximum atomic E-state index is 12.6. The number of rotatable bonds is 6. The highest BCUT2D eigenvalue weighted by Gasteiger charge is 2.33. The van der Waals surface area contributed by atoms with Crippen LogP contribution in [0.25, 0.3) is 6.08 Å². The fourth-order valence-electron chi connectivity index (χ4n) is 2.75. The van der Waals surface area contributed by atoms with Gasteiger partial charge in [-0.1, -0.05) is 42.1 Å². The van der Waals surface area contributed by atoms with Crippen molar-refractivity contribution in [2.75, 3.05) is 0 Å². The first-order valence-electron chi connectivity index (χ1n) is 9.09. The third kappa shape index (κ3) is 4.61. The number of nitrogens with zero attached hydrogens (tertiary/aromatic N) is 1. The molecule has 1 aromatic heterocycles. The fraction of sp³-hybridized carbons (Fsp3) is 0.0455. The summed E-state index contributed by atoms with van der Waals surface area (Å²) in [7, 11) is 0. The highest BCUT2D eigenvalue weighted by molar-refractivity contribution is 8.26. The SMILES string of the molecule is O=C(NN1C(=O)/C(=C/c2ccc[nH]2)SC1=S)c1ccc(OCc2ccccc2)cc1. The van der Waals surface area contributed by atoms with E-state index in [1.54, 1.807) is 36.5 Å². The number of ether oxygens (including phenoxy) is 1. The second-order valence-corrected chi connectivity index (χ2v) is 8.06. The maximum Gasteiger partial charge on any atom is 0.285 e. The lowest BCUT2D eigenvalue weighted by Crippen LogP contribution is -2.44. The van der Waals surface area contributed by atoms with E-state index in [1.165, 1.54) is 0 Å². The second-order valence-electron chi connectivity index (χ2n) is 6.38. The van der Waals surface area contributed by atoms with Gasteiger partial charge in [0.25, 0.3) is 11.8 Å². The van der Waals surface area contributed by atoms with Gasteiger partial charge in [0.1, 0.15) is 12.4 Å². The van der Waals surface area contributed by atoms with E-state index in [-0.39, 0.29) is 10.2 Å². The number of hydrazine groups is 1. The molecule has 0 radical (unpaired) electrons. The Morgan fingerprint density at radius 3 is 2.57 bits per heavy atom. The summed E-state index contributed by atoms with van der Waals surface area (Å²) in [6, 6.07) is 20.2. The lowest BCUT2D eigenvalue weighted by molar-refractivity contribution is -0.123. The lowest BCUT2D eigenvalue weighted by atomic mass is 10.2. The summed E-state index contributed by atoms with van der Waals surface area (Å²) in [4.78, 5) is 28.6. The minimum Gasteiger partial charge on any atom is -0.489 e. The maximum absolute atomic E-state index is 12.6. The van der Waals surface area contributed by atoms with E-state index in [1.807, 2.05) is 42.5 Å². The predicted molar refractivity (Wildman–Crippen MR) is 120 cm³/mol. The van der Waals surface area contributed by atoms with Crippen molar-refractivity contribution in [2.45, 2.75) is 6.61 Å². The largest absolute Gasteiger partial charge is 0.489 e. The van der Waals surface area contributed by atoms with Crippen molar-refractivity contribution in [3.63, 3.8) is 0 Å². The van der Waals surface area contributed by atoms with Crippen molar-refractivity contribution in [2.24, 2.45) is 0 Å². The van der Waals surface area contributed by atoms with Crippen LogP contribution in [0.5, 0.6) is 5.75 Å². The van der Waals surface area contributed by atoms with Gasteiger partial charge in [0.05, 0.1) is 4.91 Å². The number of H-pyrrole nitrogens is 1. The van der Waals surface area contributed by atoms with Crippen LogP contribution in [0.3, 0.4) is 0 Å². The van der Waals surface area contributed by atoms with Crippen molar-refractivity contribution in [1.29, 1.82) is 0 Å². The number of benzene rings is 2. The van der Waals surface area contributed by atoms with Gasteiger partial charge in [-0.25, -0.2) is 0 Å². The standard InChI is InChI=1S/C22H17N3O3S2/c26-20(16-8-10-18(11-9-16)28-14-15-5-2-1-3-6-15)24-25-21(27)19(30-22(25)29)13-17-7-4-12-23-17/h1-13,23H,14H2,(H,24,26)/b19-13-. The Bertz CT molecular complexity index is 1090. The van der Waals surface area contributed by atoms with Gasteiger partial charge in [0, 0.05) is 17.5 Å². The first kappa shape index (κ1) is 19.9. The van der Waals surface area contributed by atoms with Gasteiger partial charge in [0.15, 0.2) is 4.32 Å². The number of hydrogen-bond acceptors (Lipinski definition) is 5. The summed E-state index contributed by atoms with van der Waals surface area (Å²) in [6.07, 6.45) is 3.46. The molecule has 2 N–H and O–H groups in total. The van der Waals surface area contributed by atoms with Gasteiger partial charge in [-0.2, -0.15) is 5.01 Å². The molecule has 0 saturated carbocycles. The third-order valence-corrected chi connectivity index (χ3v) is 5.58. The van der Waals surface area contributed by atoms with Gasteiger partial charge in [0.2, 0.25) is 0 Å². The molecule has 4 rings (SSSR count). The number of carbonyl (C=O) groups is 2. The third-order valence-electron chi connectivity index (χ3n) is 4.28. The Kier molecular flexibility index (Phi) is 5.97. The van der Waals surface area contributed by atoms with Crippen molar-refractivity contribution >= 4 is 46.2 Å². The van der Waals surface area contributed by atoms with E-state index in [2.05, 4.69) is 10.4 Å². The van der Waals surface area contributed by atoms with Crippen molar-refractivity contribution in [3.8, 4) is 5.75 Å². The van der Waals surface area contributed by atoms with Crippen LogP contribution in [0.15, 0.2) is 77.8 Å². The zero-order chi connectivity index (χ0) is 20.9. The number of nitrogens with one attached hydrogen (secondary N) is 2. The van der Waals surface area contributed by atoms with E-state index in [0.29, 0.717) is 22.8 Å². The first-order chi connectivity index (χ1) is 14.6. The molecule has 6 nitrogen and oxygen atoms in total. The molecule has 3 aromatic rings. The average Bonchev–Trinajstić information content (AvgIpc) is 3.37. The van der Waals surface area contributed by atoms with E-state index < -0.39 is 5.91 Å². The molecule has 0 atom stereocenters. The van der Waals surface area contributed by atoms with Gasteiger partial charge >= 0.3 is 0 Å². The highest BCUT2D eigenvalue weighted by Crippen LogP contribution is 2.31. The van der Waals surface area contributed by atoms with Crippen LogP contribution in [0.4, 0.5) is 0 Å². The zero-order valence-electron chi connectivity index (χ0n) is 15.7. The molecule has 1 saturated heterocycles. The first-order valence-corrected chi connectivity index (χ1v) is 10.3. The van der Waals surface area contributed by atoms with Crippen molar-refractivity contribution < 1.29 is 14.3 Å². The molecule has 2 amide bonds. The number of aromatic amines is 1. The number of thioether (sulfide) groups is 1. The number of amides is 2. The number of thiocarbonyl (C=S) groups is 1. The molecule has 30 heavy (non-hydrogen) atoms. The van der Waals surface area contributed by atoms with Gasteiger partial charge < -0.3 is 9.72 Å². The number of carbonyl (C=O) groups excluding carboxylic acids is 2. The van der Waals surface area contributed by atoms with Crippen LogP contribution in [0.1, 0.15) is 21.6 Å². The van der Waals surface area contributed by atoms with Crippen LogP contribution < -0.4 is 10.2 Å². The minimum atomic E-state index is -0.429. The molecule has 8 heteroatoms. The predicted octanol–water partition coefficient (Wildman–Crippen LogP) is 4.14. The summed E-state index contributed by atoms with van der Waals surface area (Å²) in [6.45, 7) is 0.441. The van der Waals surface area contributed by atoms with E-state index in [9.17, 15) is 9.59 Å². The summed E-state index contributed by atoms with van der Waals surface area (Å²) >= 11 is 6.38. The molecule has 1 fully saturated rings. The quantitative estimate of drug-likeness (QED) is 0.450. The summed E-state index contributed by atoms with van der Waals surface area (Å²) < 4.78 is 6.00. The van der Waals surface area contributed by atoms with Gasteiger partial charge in [-0.05, 0) is 60.3 Å². The van der Waals surface area contributed by atoms with Crippen LogP contribution in [0.2, 0.25) is 0 Å². The van der Waals surface area contributed by atoms with Crippen molar-refractivity contribution in [3.05, 3.63) is 94.7 Å². The molecule has 0 aliphatic carbocycles. The summed E-state index contributed by atoms with van der Waals surface area (Å²) in [5.74, 6) is -0.146. The van der Waals surface area contributed by atoms with Crippen LogP contribution in [-0.2, 0) is 11.4 Å². The highest BCUT2D eigenvalue weighted by atomic mass is 32.2. The van der Waals surface area contributed by atoms with E-state index in [0.717, 1.165) is 28.0 Å². The number of hydrogen-bond donors (Lipinski definition) is 2. The molecular formula is C22H17N3O3S2. The molecule has 150 valence electrons. The average molecular weight is 436 g/mol. The molecule has 1 aliphatic heterocycles. The Balaban J connectivity index is 1.37. The number of aromatic nitrogens is 1. The molecule has 0 unspecified atom stereocenters. The molecule has 0 bridgehead atoms. The van der Waals surface area contributed by atoms with Crippen molar-refractivity contribution in [1.82, 2.24) is 15.4 Å². The Hall–Kier alpha value is -3.36. The molecule has 2 aromatic carbocycles. The van der Waals surface area contributed by atoms with Gasteiger partial charge in [-0.3, -0.25) is 15.0 Å². The fourth-order valence-corrected chi connectivity index (χ4v) is 3.92. The van der Waals surface area contributed by atoms with Gasteiger partial charge in [-0.15, -0.1) is 0 Å². The molecule has 1 aliphatic rings. The van der Waals surface area contributed by atoms with Crippen LogP contribution in [0, 0.1) is 0 Å². The lowest BCUT2D eigenvalue weighted by Gasteiger charge is -2.15. The Morgan fingerprint density at radius 1 is 1.10 bits per heavy atom. The van der Waals surface area contributed by atoms with Crippen LogP contribution >= 0.6 is 24.0 Å².